The lowest BCUT2D eigenvalue weighted by molar-refractivity contribution is 0.150. The third-order valence-electron chi connectivity index (χ3n) is 6.78. The maximum absolute atomic E-state index is 5.46. The van der Waals surface area contributed by atoms with Crippen LogP contribution < -0.4 is 15.4 Å². The third kappa shape index (κ3) is 6.76. The molecule has 0 atom stereocenters. The van der Waals surface area contributed by atoms with E-state index in [4.69, 9.17) is 14.1 Å². The zero-order chi connectivity index (χ0) is 22.0. The molecule has 1 saturated heterocycles. The molecule has 0 bridgehead atoms. The van der Waals surface area contributed by atoms with Crippen molar-refractivity contribution in [1.82, 2.24) is 15.5 Å². The topological polar surface area (TPSA) is 62.0 Å². The minimum absolute atomic E-state index is 0.489. The molecular formula is C26H38N4O2. The van der Waals surface area contributed by atoms with E-state index >= 15 is 0 Å². The molecule has 6 heteroatoms. The van der Waals surface area contributed by atoms with Crippen LogP contribution in [0.5, 0.6) is 5.75 Å². The van der Waals surface area contributed by atoms with Gasteiger partial charge in [0, 0.05) is 44.7 Å². The number of guanidine groups is 1. The van der Waals surface area contributed by atoms with Gasteiger partial charge in [0.2, 0.25) is 0 Å². The molecule has 2 N–H and O–H groups in total. The van der Waals surface area contributed by atoms with Gasteiger partial charge in [-0.1, -0.05) is 25.0 Å². The molecule has 0 amide bonds. The Labute approximate surface area is 192 Å². The van der Waals surface area contributed by atoms with E-state index in [0.717, 1.165) is 42.9 Å². The maximum atomic E-state index is 5.46. The summed E-state index contributed by atoms with van der Waals surface area (Å²) < 4.78 is 10.7. The van der Waals surface area contributed by atoms with Gasteiger partial charge < -0.3 is 24.7 Å². The Morgan fingerprint density at radius 2 is 1.84 bits per heavy atom. The fraction of sp³-hybridized carbons (Fsp3) is 0.577. The molecule has 1 aliphatic carbocycles. The SMILES string of the molecule is COc1ccc(CCNC(=NCCc2ccco2)NC2CCN(C3CCCC3)CC2)cc1. The smallest absolute Gasteiger partial charge is 0.191 e. The lowest BCUT2D eigenvalue weighted by Crippen LogP contribution is -2.50. The maximum Gasteiger partial charge on any atom is 0.191 e. The number of piperidine rings is 1. The molecule has 4 rings (SSSR count). The van der Waals surface area contributed by atoms with Crippen LogP contribution in [0.25, 0.3) is 0 Å². The Kier molecular flexibility index (Phi) is 8.49. The molecule has 2 aromatic rings. The Bertz CT molecular complexity index is 805. The summed E-state index contributed by atoms with van der Waals surface area (Å²) in [4.78, 5) is 7.57. The molecule has 32 heavy (non-hydrogen) atoms. The fourth-order valence-electron chi connectivity index (χ4n) is 4.87. The monoisotopic (exact) mass is 438 g/mol. The molecule has 0 radical (unpaired) electrons. The zero-order valence-electron chi connectivity index (χ0n) is 19.4. The number of nitrogens with one attached hydrogen (secondary N) is 2. The summed E-state index contributed by atoms with van der Waals surface area (Å²) in [6, 6.07) is 13.6. The van der Waals surface area contributed by atoms with Crippen molar-refractivity contribution in [3.8, 4) is 5.75 Å². The van der Waals surface area contributed by atoms with E-state index in [-0.39, 0.29) is 0 Å². The Morgan fingerprint density at radius 1 is 1.06 bits per heavy atom. The van der Waals surface area contributed by atoms with Crippen LogP contribution in [0.4, 0.5) is 0 Å². The van der Waals surface area contributed by atoms with Crippen LogP contribution in [0, 0.1) is 0 Å². The van der Waals surface area contributed by atoms with Gasteiger partial charge in [-0.15, -0.1) is 0 Å². The third-order valence-corrected chi connectivity index (χ3v) is 6.78. The van der Waals surface area contributed by atoms with Gasteiger partial charge in [-0.25, -0.2) is 0 Å². The molecule has 6 nitrogen and oxygen atoms in total. The molecule has 174 valence electrons. The number of benzene rings is 1. The van der Waals surface area contributed by atoms with Crippen molar-refractivity contribution in [2.24, 2.45) is 4.99 Å². The van der Waals surface area contributed by atoms with Gasteiger partial charge in [0.25, 0.3) is 0 Å². The van der Waals surface area contributed by atoms with Gasteiger partial charge >= 0.3 is 0 Å². The predicted molar refractivity (Wildman–Crippen MR) is 129 cm³/mol. The number of furan rings is 1. The van der Waals surface area contributed by atoms with E-state index in [1.165, 1.54) is 57.2 Å². The minimum Gasteiger partial charge on any atom is -0.497 e. The molecule has 1 aromatic heterocycles. The second-order valence-corrected chi connectivity index (χ2v) is 8.98. The first-order chi connectivity index (χ1) is 15.8. The highest BCUT2D eigenvalue weighted by Crippen LogP contribution is 2.26. The summed E-state index contributed by atoms with van der Waals surface area (Å²) in [5.41, 5.74) is 1.29. The number of nitrogens with zero attached hydrogens (tertiary/aromatic N) is 2. The fourth-order valence-corrected chi connectivity index (χ4v) is 4.87. The molecule has 1 saturated carbocycles. The van der Waals surface area contributed by atoms with Crippen molar-refractivity contribution in [3.63, 3.8) is 0 Å². The van der Waals surface area contributed by atoms with Crippen LogP contribution >= 0.6 is 0 Å². The summed E-state index contributed by atoms with van der Waals surface area (Å²) in [6.45, 7) is 3.97. The first-order valence-corrected chi connectivity index (χ1v) is 12.2. The van der Waals surface area contributed by atoms with Gasteiger partial charge in [-0.2, -0.15) is 0 Å². The van der Waals surface area contributed by atoms with Crippen molar-refractivity contribution in [1.29, 1.82) is 0 Å². The van der Waals surface area contributed by atoms with Crippen molar-refractivity contribution in [2.45, 2.75) is 63.5 Å². The van der Waals surface area contributed by atoms with E-state index in [1.807, 2.05) is 24.3 Å². The molecule has 2 heterocycles. The van der Waals surface area contributed by atoms with Crippen molar-refractivity contribution in [3.05, 3.63) is 54.0 Å². The van der Waals surface area contributed by atoms with E-state index in [1.54, 1.807) is 13.4 Å². The van der Waals surface area contributed by atoms with Crippen LogP contribution in [0.15, 0.2) is 52.1 Å². The van der Waals surface area contributed by atoms with Crippen LogP contribution in [-0.2, 0) is 12.8 Å². The number of hydrogen-bond acceptors (Lipinski definition) is 4. The molecule has 1 aliphatic heterocycles. The summed E-state index contributed by atoms with van der Waals surface area (Å²) >= 11 is 0. The highest BCUT2D eigenvalue weighted by Gasteiger charge is 2.27. The second kappa shape index (κ2) is 12.0. The largest absolute Gasteiger partial charge is 0.497 e. The lowest BCUT2D eigenvalue weighted by atomic mass is 10.0. The average molecular weight is 439 g/mol. The number of likely N-dealkylation sites (tertiary alicyclic amines) is 1. The summed E-state index contributed by atoms with van der Waals surface area (Å²) in [6.07, 6.45) is 11.5. The number of rotatable bonds is 9. The van der Waals surface area contributed by atoms with E-state index in [2.05, 4.69) is 27.7 Å². The van der Waals surface area contributed by atoms with Gasteiger partial charge in [-0.3, -0.25) is 4.99 Å². The lowest BCUT2D eigenvalue weighted by Gasteiger charge is -2.36. The minimum atomic E-state index is 0.489. The zero-order valence-corrected chi connectivity index (χ0v) is 19.4. The van der Waals surface area contributed by atoms with E-state index in [0.29, 0.717) is 12.6 Å². The first kappa shape index (κ1) is 22.7. The molecular weight excluding hydrogens is 400 g/mol. The van der Waals surface area contributed by atoms with Gasteiger partial charge in [0.15, 0.2) is 5.96 Å². The highest BCUT2D eigenvalue weighted by molar-refractivity contribution is 5.80. The normalized spacial score (nSPS) is 18.7. The Hall–Kier alpha value is -2.47. The van der Waals surface area contributed by atoms with Crippen LogP contribution in [0.3, 0.4) is 0 Å². The molecule has 2 aliphatic rings. The van der Waals surface area contributed by atoms with Gasteiger partial charge in [0.05, 0.1) is 13.4 Å². The molecule has 0 unspecified atom stereocenters. The van der Waals surface area contributed by atoms with Gasteiger partial charge in [-0.05, 0) is 61.9 Å². The Balaban J connectivity index is 1.27. The summed E-state index contributed by atoms with van der Waals surface area (Å²) in [5.74, 6) is 2.80. The van der Waals surface area contributed by atoms with Crippen molar-refractivity contribution < 1.29 is 9.15 Å². The molecule has 0 spiro atoms. The summed E-state index contributed by atoms with van der Waals surface area (Å²) in [5, 5.41) is 7.27. The number of aliphatic imine (C=N–C) groups is 1. The molecule has 2 fully saturated rings. The number of ether oxygens (including phenoxy) is 1. The van der Waals surface area contributed by atoms with Crippen LogP contribution in [0.1, 0.15) is 49.8 Å². The standard InChI is InChI=1S/C26H38N4O2/c1-31-24-10-8-21(9-11-24)12-16-27-26(28-17-13-25-7-4-20-32-25)29-22-14-18-30(19-15-22)23-5-2-3-6-23/h4,7-11,20,22-23H,2-3,5-6,12-19H2,1H3,(H2,27,28,29). The van der Waals surface area contributed by atoms with E-state index in [9.17, 15) is 0 Å². The molecule has 1 aromatic carbocycles. The summed E-state index contributed by atoms with van der Waals surface area (Å²) in [7, 11) is 1.70. The van der Waals surface area contributed by atoms with Gasteiger partial charge in [0.1, 0.15) is 11.5 Å². The van der Waals surface area contributed by atoms with Crippen molar-refractivity contribution >= 4 is 5.96 Å². The quantitative estimate of drug-likeness (QED) is 0.457. The predicted octanol–water partition coefficient (Wildman–Crippen LogP) is 4.02. The number of hydrogen-bond donors (Lipinski definition) is 2. The van der Waals surface area contributed by atoms with E-state index < -0.39 is 0 Å². The first-order valence-electron chi connectivity index (χ1n) is 12.2. The van der Waals surface area contributed by atoms with Crippen LogP contribution in [-0.4, -0.2) is 56.2 Å². The highest BCUT2D eigenvalue weighted by atomic mass is 16.5. The van der Waals surface area contributed by atoms with Crippen LogP contribution in [0.2, 0.25) is 0 Å². The second-order valence-electron chi connectivity index (χ2n) is 8.98. The average Bonchev–Trinajstić information content (AvgIpc) is 3.55. The number of methoxy groups -OCH3 is 1. The Morgan fingerprint density at radius 3 is 2.53 bits per heavy atom. The van der Waals surface area contributed by atoms with Crippen molar-refractivity contribution in [2.75, 3.05) is 33.3 Å².